The zero-order valence-electron chi connectivity index (χ0n) is 14.1. The lowest BCUT2D eigenvalue weighted by molar-refractivity contribution is -0.125. The third-order valence-corrected chi connectivity index (χ3v) is 5.00. The lowest BCUT2D eigenvalue weighted by Gasteiger charge is -2.26. The van der Waals surface area contributed by atoms with Crippen molar-refractivity contribution >= 4 is 5.78 Å². The molecule has 4 heteroatoms. The van der Waals surface area contributed by atoms with Crippen molar-refractivity contribution < 1.29 is 4.79 Å². The van der Waals surface area contributed by atoms with Gasteiger partial charge in [-0.2, -0.15) is 15.0 Å². The van der Waals surface area contributed by atoms with E-state index in [1.807, 2.05) is 60.7 Å². The van der Waals surface area contributed by atoms with Gasteiger partial charge in [-0.05, 0) is 18.4 Å². The molecule has 1 saturated carbocycles. The number of benzene rings is 2. The summed E-state index contributed by atoms with van der Waals surface area (Å²) in [6, 6.07) is 19.9. The number of Topliss-reactive ketones (excluding diaryl/α,β-unsaturated/α-hetero) is 1. The van der Waals surface area contributed by atoms with Gasteiger partial charge in [-0.3, -0.25) is 4.79 Å². The van der Waals surface area contributed by atoms with Crippen LogP contribution < -0.4 is 0 Å². The van der Waals surface area contributed by atoms with Crippen molar-refractivity contribution in [2.24, 2.45) is 5.92 Å². The first-order chi connectivity index (χ1) is 12.3. The van der Waals surface area contributed by atoms with Crippen LogP contribution in [-0.2, 0) is 4.79 Å². The minimum Gasteiger partial charge on any atom is -0.299 e. The van der Waals surface area contributed by atoms with Crippen molar-refractivity contribution in [1.29, 1.82) is 0 Å². The maximum atomic E-state index is 12.6. The summed E-state index contributed by atoms with van der Waals surface area (Å²) in [6.45, 7) is 0. The van der Waals surface area contributed by atoms with Gasteiger partial charge in [0.2, 0.25) is 0 Å². The highest BCUT2D eigenvalue weighted by molar-refractivity contribution is 5.82. The van der Waals surface area contributed by atoms with Gasteiger partial charge in [0.25, 0.3) is 0 Å². The van der Waals surface area contributed by atoms with Crippen molar-refractivity contribution in [3.8, 4) is 11.3 Å². The van der Waals surface area contributed by atoms with Gasteiger partial charge < -0.3 is 0 Å². The van der Waals surface area contributed by atoms with E-state index in [-0.39, 0.29) is 12.0 Å². The monoisotopic (exact) mass is 331 g/mol. The van der Waals surface area contributed by atoms with Crippen LogP contribution in [0.5, 0.6) is 0 Å². The van der Waals surface area contributed by atoms with Gasteiger partial charge in [-0.25, -0.2) is 0 Å². The number of aromatic nitrogens is 3. The number of ketones is 1. The molecule has 0 N–H and O–H groups in total. The normalized spacial score (nSPS) is 15.5. The second-order valence-electron chi connectivity index (χ2n) is 6.64. The standard InChI is InChI=1S/C21H21N3O/c25-21(18-12-7-13-18)14-20(17-10-5-2-6-11-17)24-22-15-19(23-24)16-8-3-1-4-9-16/h1-6,8-11,15,18,20H,7,12-14H2. The van der Waals surface area contributed by atoms with Gasteiger partial charge >= 0.3 is 0 Å². The molecule has 1 fully saturated rings. The Bertz CT molecular complexity index is 838. The fourth-order valence-electron chi connectivity index (χ4n) is 3.26. The summed E-state index contributed by atoms with van der Waals surface area (Å²) in [6.07, 6.45) is 5.46. The predicted octanol–water partition coefficient (Wildman–Crippen LogP) is 4.29. The van der Waals surface area contributed by atoms with E-state index in [0.29, 0.717) is 12.2 Å². The first kappa shape index (κ1) is 15.8. The number of carbonyl (C=O) groups excluding carboxylic acids is 1. The second-order valence-corrected chi connectivity index (χ2v) is 6.64. The molecular weight excluding hydrogens is 310 g/mol. The van der Waals surface area contributed by atoms with Crippen molar-refractivity contribution in [1.82, 2.24) is 15.0 Å². The van der Waals surface area contributed by atoms with E-state index in [9.17, 15) is 4.79 Å². The average molecular weight is 331 g/mol. The van der Waals surface area contributed by atoms with Gasteiger partial charge in [0.1, 0.15) is 17.5 Å². The molecule has 4 nitrogen and oxygen atoms in total. The molecule has 1 aliphatic rings. The van der Waals surface area contributed by atoms with Gasteiger partial charge in [0.05, 0.1) is 6.20 Å². The molecule has 1 heterocycles. The molecule has 1 aromatic heterocycles. The second kappa shape index (κ2) is 7.01. The van der Waals surface area contributed by atoms with Crippen molar-refractivity contribution in [2.75, 3.05) is 0 Å². The van der Waals surface area contributed by atoms with Crippen LogP contribution in [0.4, 0.5) is 0 Å². The first-order valence-electron chi connectivity index (χ1n) is 8.86. The molecular formula is C21H21N3O. The van der Waals surface area contributed by atoms with E-state index < -0.39 is 0 Å². The van der Waals surface area contributed by atoms with Gasteiger partial charge in [-0.15, -0.1) is 0 Å². The molecule has 0 amide bonds. The molecule has 0 spiro atoms. The van der Waals surface area contributed by atoms with Crippen molar-refractivity contribution in [3.05, 3.63) is 72.4 Å². The lowest BCUT2D eigenvalue weighted by atomic mass is 9.80. The molecule has 25 heavy (non-hydrogen) atoms. The van der Waals surface area contributed by atoms with Gasteiger partial charge in [0.15, 0.2) is 0 Å². The zero-order chi connectivity index (χ0) is 17.1. The summed E-state index contributed by atoms with van der Waals surface area (Å²) >= 11 is 0. The molecule has 2 aromatic carbocycles. The molecule has 3 aromatic rings. The van der Waals surface area contributed by atoms with E-state index >= 15 is 0 Å². The minimum absolute atomic E-state index is 0.147. The number of hydrogen-bond acceptors (Lipinski definition) is 3. The lowest BCUT2D eigenvalue weighted by Crippen LogP contribution is -2.26. The quantitative estimate of drug-likeness (QED) is 0.677. The molecule has 0 aliphatic heterocycles. The highest BCUT2D eigenvalue weighted by Crippen LogP contribution is 2.32. The van der Waals surface area contributed by atoms with Crippen molar-refractivity contribution in [2.45, 2.75) is 31.7 Å². The van der Waals surface area contributed by atoms with Crippen molar-refractivity contribution in [3.63, 3.8) is 0 Å². The summed E-state index contributed by atoms with van der Waals surface area (Å²) in [7, 11) is 0. The summed E-state index contributed by atoms with van der Waals surface area (Å²) in [4.78, 5) is 14.3. The smallest absolute Gasteiger partial charge is 0.138 e. The first-order valence-corrected chi connectivity index (χ1v) is 8.86. The summed E-state index contributed by atoms with van der Waals surface area (Å²) < 4.78 is 0. The Hall–Kier alpha value is -2.75. The van der Waals surface area contributed by atoms with Crippen LogP contribution in [0.15, 0.2) is 66.9 Å². The van der Waals surface area contributed by atoms with E-state index in [1.165, 1.54) is 6.42 Å². The Morgan fingerprint density at radius 3 is 2.36 bits per heavy atom. The van der Waals surface area contributed by atoms with E-state index in [0.717, 1.165) is 29.7 Å². The Balaban J connectivity index is 1.63. The molecule has 4 rings (SSSR count). The Kier molecular flexibility index (Phi) is 4.42. The topological polar surface area (TPSA) is 47.8 Å². The molecule has 1 aliphatic carbocycles. The van der Waals surface area contributed by atoms with Crippen LogP contribution in [-0.4, -0.2) is 20.8 Å². The van der Waals surface area contributed by atoms with E-state index in [2.05, 4.69) is 10.2 Å². The number of hydrogen-bond donors (Lipinski definition) is 0. The average Bonchev–Trinajstić information content (AvgIpc) is 3.09. The number of rotatable bonds is 6. The van der Waals surface area contributed by atoms with Crippen LogP contribution in [0.25, 0.3) is 11.3 Å². The van der Waals surface area contributed by atoms with Gasteiger partial charge in [-0.1, -0.05) is 67.1 Å². The third-order valence-electron chi connectivity index (χ3n) is 5.00. The van der Waals surface area contributed by atoms with Crippen LogP contribution in [0.1, 0.15) is 37.3 Å². The highest BCUT2D eigenvalue weighted by atomic mass is 16.1. The molecule has 1 unspecified atom stereocenters. The van der Waals surface area contributed by atoms with E-state index in [1.54, 1.807) is 11.0 Å². The Morgan fingerprint density at radius 1 is 1.04 bits per heavy atom. The maximum absolute atomic E-state index is 12.6. The number of nitrogens with zero attached hydrogens (tertiary/aromatic N) is 3. The largest absolute Gasteiger partial charge is 0.299 e. The van der Waals surface area contributed by atoms with E-state index in [4.69, 9.17) is 0 Å². The summed E-state index contributed by atoms with van der Waals surface area (Å²) in [5, 5.41) is 9.15. The fraction of sp³-hybridized carbons (Fsp3) is 0.286. The SMILES string of the molecule is O=C(CC(c1ccccc1)n1ncc(-c2ccccc2)n1)C1CCC1. The Morgan fingerprint density at radius 2 is 1.72 bits per heavy atom. The highest BCUT2D eigenvalue weighted by Gasteiger charge is 2.29. The number of carbonyl (C=O) groups is 1. The van der Waals surface area contributed by atoms with Crippen LogP contribution in [0.2, 0.25) is 0 Å². The molecule has 0 saturated heterocycles. The molecule has 1 atom stereocenters. The van der Waals surface area contributed by atoms with Crippen LogP contribution in [0, 0.1) is 5.92 Å². The zero-order valence-corrected chi connectivity index (χ0v) is 14.1. The predicted molar refractivity (Wildman–Crippen MR) is 97.0 cm³/mol. The molecule has 126 valence electrons. The summed E-state index contributed by atoms with van der Waals surface area (Å²) in [5.74, 6) is 0.564. The van der Waals surface area contributed by atoms with Crippen LogP contribution >= 0.6 is 0 Å². The fourth-order valence-corrected chi connectivity index (χ4v) is 3.26. The van der Waals surface area contributed by atoms with Gasteiger partial charge in [0, 0.05) is 17.9 Å². The Labute approximate surface area is 147 Å². The minimum atomic E-state index is -0.147. The third kappa shape index (κ3) is 3.38. The maximum Gasteiger partial charge on any atom is 0.138 e. The molecule has 0 radical (unpaired) electrons. The molecule has 0 bridgehead atoms. The summed E-state index contributed by atoms with van der Waals surface area (Å²) in [5.41, 5.74) is 2.94. The van der Waals surface area contributed by atoms with Crippen LogP contribution in [0.3, 0.4) is 0 Å².